The van der Waals surface area contributed by atoms with E-state index in [2.05, 4.69) is 228 Å². The van der Waals surface area contributed by atoms with E-state index in [1.165, 1.54) is 44.6 Å². The molecule has 0 aromatic heterocycles. The van der Waals surface area contributed by atoms with Gasteiger partial charge in [-0.05, 0) is 95.9 Å². The zero-order valence-corrected chi connectivity index (χ0v) is 45.1. The van der Waals surface area contributed by atoms with Gasteiger partial charge in [-0.15, -0.1) is 0 Å². The molecule has 8 aromatic carbocycles. The molecule has 0 heterocycles. The first-order valence-electron chi connectivity index (χ1n) is 26.4. The summed E-state index contributed by atoms with van der Waals surface area (Å²) in [5.74, 6) is 1.37. The summed E-state index contributed by atoms with van der Waals surface area (Å²) in [6.07, 6.45) is 8.19. The van der Waals surface area contributed by atoms with E-state index < -0.39 is 17.9 Å². The third-order valence-corrected chi connectivity index (χ3v) is 17.5. The molecule has 0 fully saturated rings. The first-order chi connectivity index (χ1) is 35.0. The molecule has 0 radical (unpaired) electrons. The molecule has 0 saturated carbocycles. The van der Waals surface area contributed by atoms with Gasteiger partial charge in [0.05, 0.1) is 0 Å². The monoisotopic (exact) mass is 1030 g/mol. The summed E-state index contributed by atoms with van der Waals surface area (Å²) in [6, 6.07) is 64.2. The van der Waals surface area contributed by atoms with Gasteiger partial charge >= 0.3 is 156 Å². The van der Waals surface area contributed by atoms with Gasteiger partial charge in [0.1, 0.15) is 11.5 Å². The van der Waals surface area contributed by atoms with E-state index in [1.54, 1.807) is 0 Å². The number of nitrogens with zero attached hydrogens (tertiary/aromatic N) is 1. The molecule has 2 aliphatic carbocycles. The van der Waals surface area contributed by atoms with Crippen LogP contribution in [0, 0.1) is 0 Å². The molecular weight excluding hydrogens is 959 g/mol. The number of phenols is 2. The molecule has 0 aliphatic heterocycles. The van der Waals surface area contributed by atoms with E-state index in [-0.39, 0.29) is 17.3 Å². The second-order valence-corrected chi connectivity index (χ2v) is 22.6. The Morgan fingerprint density at radius 3 is 1.15 bits per heavy atom. The van der Waals surface area contributed by atoms with Crippen molar-refractivity contribution in [3.63, 3.8) is 0 Å². The van der Waals surface area contributed by atoms with Crippen molar-refractivity contribution >= 4 is 10.1 Å². The Balaban J connectivity index is 0.000000225. The number of benzene rings is 8. The Morgan fingerprint density at radius 2 is 0.792 bits per heavy atom. The largest absolute Gasteiger partial charge is 0.507 e. The average molecular weight is 1030 g/mol. The van der Waals surface area contributed by atoms with E-state index in [0.717, 1.165) is 95.9 Å². The fourth-order valence-electron chi connectivity index (χ4n) is 11.3. The number of hydrogen-bond acceptors (Lipinski definition) is 3. The van der Waals surface area contributed by atoms with Crippen molar-refractivity contribution in [2.75, 3.05) is 0 Å². The van der Waals surface area contributed by atoms with Crippen molar-refractivity contribution in [3.05, 3.63) is 254 Å². The predicted octanol–water partition coefficient (Wildman–Crippen LogP) is 17.5. The fourth-order valence-corrected chi connectivity index (χ4v) is 13.2. The van der Waals surface area contributed by atoms with Gasteiger partial charge in [0.25, 0.3) is 0 Å². The Morgan fingerprint density at radius 1 is 0.444 bits per heavy atom. The fraction of sp³-hybridized carbons (Fsp3) is 0.279. The van der Waals surface area contributed by atoms with Crippen molar-refractivity contribution in [1.82, 2.24) is 0 Å². The van der Waals surface area contributed by atoms with Crippen LogP contribution >= 0.6 is 0 Å². The van der Waals surface area contributed by atoms with Gasteiger partial charge in [0.2, 0.25) is 0 Å². The van der Waals surface area contributed by atoms with Gasteiger partial charge in [-0.2, -0.15) is 0 Å². The maximum absolute atomic E-state index is 12.8. The van der Waals surface area contributed by atoms with Gasteiger partial charge in [-0.25, -0.2) is 0 Å². The predicted molar refractivity (Wildman–Crippen MR) is 298 cm³/mol. The Bertz CT molecular complexity index is 2900. The minimum Gasteiger partial charge on any atom is -0.507 e. The summed E-state index contributed by atoms with van der Waals surface area (Å²) in [4.78, 5) is 0. The third-order valence-electron chi connectivity index (χ3n) is 15.1. The summed E-state index contributed by atoms with van der Waals surface area (Å²) < 4.78 is 7.59. The second kappa shape index (κ2) is 23.1. The molecular formula is C68H71MoNO2. The second-order valence-electron chi connectivity index (χ2n) is 21.1. The summed E-state index contributed by atoms with van der Waals surface area (Å²) in [5.41, 5.74) is 18.6. The average Bonchev–Trinajstić information content (AvgIpc) is 3.41. The molecule has 0 amide bonds. The SMILES string of the molecule is CC(C)c1cccc(C(C)C)c1[N]=[Mo]=[CH]C(C)(C)c1ccccc1.Oc1c(C(c2ccccc2)c2ccccc2)cc2c(c1-c1c(O)c(C(c3ccccc3)c3ccccc3)cc3c1CCCC3)CCCC2. The third kappa shape index (κ3) is 11.0. The number of rotatable bonds is 12. The van der Waals surface area contributed by atoms with Crippen LogP contribution in [-0.4, -0.2) is 14.6 Å². The molecule has 0 atom stereocenters. The van der Waals surface area contributed by atoms with Crippen molar-refractivity contribution in [2.45, 2.75) is 122 Å². The zero-order chi connectivity index (χ0) is 50.2. The van der Waals surface area contributed by atoms with Crippen LogP contribution in [0.5, 0.6) is 11.5 Å². The smallest absolute Gasteiger partial charge is 0.128 e. The van der Waals surface area contributed by atoms with E-state index in [4.69, 9.17) is 3.50 Å². The molecule has 8 aromatic rings. The van der Waals surface area contributed by atoms with Crippen molar-refractivity contribution in [3.8, 4) is 22.6 Å². The molecule has 3 nitrogen and oxygen atoms in total. The molecule has 10 rings (SSSR count). The maximum Gasteiger partial charge on any atom is 0.128 e. The molecule has 366 valence electrons. The first kappa shape index (κ1) is 50.7. The number of aromatic hydroxyl groups is 2. The number of hydrogen-bond donors (Lipinski definition) is 2. The van der Waals surface area contributed by atoms with Crippen molar-refractivity contribution in [2.24, 2.45) is 3.50 Å². The summed E-state index contributed by atoms with van der Waals surface area (Å²) in [7, 11) is 0. The number of phenolic OH excluding ortho intramolecular Hbond substituents is 2. The van der Waals surface area contributed by atoms with Gasteiger partial charge in [-0.3, -0.25) is 0 Å². The number of aryl methyl sites for hydroxylation is 2. The summed E-state index contributed by atoms with van der Waals surface area (Å²) in [6.45, 7) is 13.6. The standard InChI is InChI=1S/C46H42O2.C12H17N.C10H12.Mo/c47-45-39(41(31-17-5-1-6-18-31)32-19-7-2-8-20-32)29-35-25-13-15-27-37(35)43(45)44-38-28-16-14-26-36(38)30-40(46(44)48)42(33-21-9-3-10-22-33)34-23-11-4-12-24-34;1-8(2)10-6-5-7-11(9(3)4)12(10)13;1-10(2,3)9-7-5-4-6-8-9;/h1-12,17-24,29-30,41-42,47-48H,13-16,25-28H2;5-9H,1-4H3;1,4-8H,2-3H3;. The Labute approximate surface area is 438 Å². The van der Waals surface area contributed by atoms with Gasteiger partial charge in [-0.1, -0.05) is 133 Å². The first-order valence-corrected chi connectivity index (χ1v) is 28.4. The van der Waals surface area contributed by atoms with Gasteiger partial charge in [0, 0.05) is 34.1 Å². The van der Waals surface area contributed by atoms with E-state index in [1.807, 2.05) is 0 Å². The minimum atomic E-state index is -0.553. The van der Waals surface area contributed by atoms with Crippen LogP contribution < -0.4 is 0 Å². The summed E-state index contributed by atoms with van der Waals surface area (Å²) >= 11 is -0.553. The molecule has 72 heavy (non-hydrogen) atoms. The molecule has 0 unspecified atom stereocenters. The Hall–Kier alpha value is -6.28. The van der Waals surface area contributed by atoms with E-state index in [9.17, 15) is 10.2 Å². The van der Waals surface area contributed by atoms with Crippen LogP contribution in [0.15, 0.2) is 185 Å². The maximum atomic E-state index is 12.8. The van der Waals surface area contributed by atoms with Crippen molar-refractivity contribution < 1.29 is 28.1 Å². The van der Waals surface area contributed by atoms with Crippen LogP contribution in [0.4, 0.5) is 5.69 Å². The van der Waals surface area contributed by atoms with Crippen LogP contribution in [0.1, 0.15) is 163 Å². The summed E-state index contributed by atoms with van der Waals surface area (Å²) in [5, 5.41) is 25.5. The van der Waals surface area contributed by atoms with E-state index >= 15 is 0 Å². The zero-order valence-electron chi connectivity index (χ0n) is 43.1. The minimum absolute atomic E-state index is 0.0811. The van der Waals surface area contributed by atoms with Crippen LogP contribution in [0.3, 0.4) is 0 Å². The van der Waals surface area contributed by atoms with Crippen LogP contribution in [-0.2, 0) is 49.0 Å². The molecule has 0 bridgehead atoms. The quantitative estimate of drug-likeness (QED) is 0.0946. The molecule has 4 heteroatoms. The topological polar surface area (TPSA) is 52.8 Å². The van der Waals surface area contributed by atoms with Gasteiger partial charge < -0.3 is 10.2 Å². The van der Waals surface area contributed by atoms with E-state index in [0.29, 0.717) is 23.3 Å². The Kier molecular flexibility index (Phi) is 16.2. The molecule has 2 aliphatic rings. The van der Waals surface area contributed by atoms with Crippen LogP contribution in [0.2, 0.25) is 0 Å². The number of fused-ring (bicyclic) bond motifs is 2. The van der Waals surface area contributed by atoms with Crippen molar-refractivity contribution in [1.29, 1.82) is 0 Å². The molecule has 0 saturated heterocycles. The van der Waals surface area contributed by atoms with Crippen LogP contribution in [0.25, 0.3) is 11.1 Å². The molecule has 0 spiro atoms. The molecule has 2 N–H and O–H groups in total. The normalized spacial score (nSPS) is 13.3. The van der Waals surface area contributed by atoms with Gasteiger partial charge in [0.15, 0.2) is 0 Å².